The summed E-state index contributed by atoms with van der Waals surface area (Å²) in [6.45, 7) is 6.20. The SMILES string of the molecule is CCOCCCNC(N)=NCCCC(=O)N1Cc2ccccc2C1. The molecule has 132 valence electrons. The number of aliphatic imine (C=N–C) groups is 1. The zero-order valence-electron chi connectivity index (χ0n) is 14.5. The van der Waals surface area contributed by atoms with Crippen molar-refractivity contribution in [2.24, 2.45) is 10.7 Å². The summed E-state index contributed by atoms with van der Waals surface area (Å²) >= 11 is 0. The van der Waals surface area contributed by atoms with Crippen LogP contribution in [0.4, 0.5) is 0 Å². The minimum atomic E-state index is 0.185. The second kappa shape index (κ2) is 9.93. The van der Waals surface area contributed by atoms with E-state index in [2.05, 4.69) is 22.4 Å². The molecule has 1 heterocycles. The summed E-state index contributed by atoms with van der Waals surface area (Å²) in [4.78, 5) is 18.4. The number of hydrogen-bond acceptors (Lipinski definition) is 3. The van der Waals surface area contributed by atoms with Crippen LogP contribution in [0.1, 0.15) is 37.3 Å². The van der Waals surface area contributed by atoms with Gasteiger partial charge in [-0.25, -0.2) is 0 Å². The van der Waals surface area contributed by atoms with Gasteiger partial charge in [0.05, 0.1) is 0 Å². The van der Waals surface area contributed by atoms with Gasteiger partial charge in [0.1, 0.15) is 0 Å². The molecule has 3 N–H and O–H groups in total. The van der Waals surface area contributed by atoms with Gasteiger partial charge in [0, 0.05) is 45.8 Å². The Bertz CT molecular complexity index is 535. The molecule has 0 atom stereocenters. The number of carbonyl (C=O) groups excluding carboxylic acids is 1. The molecule has 0 aromatic heterocycles. The molecule has 1 amide bonds. The van der Waals surface area contributed by atoms with Crippen LogP contribution in [0.3, 0.4) is 0 Å². The molecule has 0 unspecified atom stereocenters. The van der Waals surface area contributed by atoms with Gasteiger partial charge in [0.25, 0.3) is 0 Å². The molecular formula is C18H28N4O2. The van der Waals surface area contributed by atoms with E-state index in [-0.39, 0.29) is 5.91 Å². The van der Waals surface area contributed by atoms with E-state index in [1.807, 2.05) is 24.0 Å². The first-order valence-electron chi connectivity index (χ1n) is 8.66. The van der Waals surface area contributed by atoms with Crippen LogP contribution in [0, 0.1) is 0 Å². The molecule has 24 heavy (non-hydrogen) atoms. The van der Waals surface area contributed by atoms with E-state index in [1.54, 1.807) is 0 Å². The third-order valence-corrected chi connectivity index (χ3v) is 4.00. The minimum absolute atomic E-state index is 0.185. The molecule has 0 radical (unpaired) electrons. The number of nitrogens with one attached hydrogen (secondary N) is 1. The Hall–Kier alpha value is -2.08. The topological polar surface area (TPSA) is 80.0 Å². The second-order valence-electron chi connectivity index (χ2n) is 5.87. The number of hydrogen-bond donors (Lipinski definition) is 2. The molecular weight excluding hydrogens is 304 g/mol. The van der Waals surface area contributed by atoms with Crippen LogP contribution in [0.15, 0.2) is 29.3 Å². The van der Waals surface area contributed by atoms with Crippen LogP contribution in [0.5, 0.6) is 0 Å². The van der Waals surface area contributed by atoms with Gasteiger partial charge in [-0.05, 0) is 30.9 Å². The van der Waals surface area contributed by atoms with Crippen molar-refractivity contribution in [3.63, 3.8) is 0 Å². The van der Waals surface area contributed by atoms with Crippen molar-refractivity contribution in [2.75, 3.05) is 26.3 Å². The maximum absolute atomic E-state index is 12.2. The minimum Gasteiger partial charge on any atom is -0.382 e. The molecule has 6 heteroatoms. The van der Waals surface area contributed by atoms with Crippen LogP contribution in [0.25, 0.3) is 0 Å². The summed E-state index contributed by atoms with van der Waals surface area (Å²) in [5.74, 6) is 0.622. The number of fused-ring (bicyclic) bond motifs is 1. The van der Waals surface area contributed by atoms with Gasteiger partial charge in [-0.3, -0.25) is 9.79 Å². The Morgan fingerprint density at radius 2 is 2.00 bits per heavy atom. The van der Waals surface area contributed by atoms with Gasteiger partial charge in [-0.15, -0.1) is 0 Å². The Morgan fingerprint density at radius 1 is 1.29 bits per heavy atom. The van der Waals surface area contributed by atoms with Crippen molar-refractivity contribution < 1.29 is 9.53 Å². The number of guanidine groups is 1. The molecule has 1 aliphatic rings. The van der Waals surface area contributed by atoms with Crippen molar-refractivity contribution in [3.05, 3.63) is 35.4 Å². The van der Waals surface area contributed by atoms with Crippen LogP contribution < -0.4 is 11.1 Å². The van der Waals surface area contributed by atoms with Crippen molar-refractivity contribution in [2.45, 2.75) is 39.3 Å². The van der Waals surface area contributed by atoms with E-state index in [0.29, 0.717) is 25.3 Å². The van der Waals surface area contributed by atoms with Crippen molar-refractivity contribution in [1.82, 2.24) is 10.2 Å². The molecule has 0 fully saturated rings. The van der Waals surface area contributed by atoms with Crippen molar-refractivity contribution in [3.8, 4) is 0 Å². The molecule has 1 aromatic carbocycles. The molecule has 0 aliphatic carbocycles. The van der Waals surface area contributed by atoms with Crippen LogP contribution in [-0.4, -0.2) is 43.1 Å². The third-order valence-electron chi connectivity index (χ3n) is 4.00. The highest BCUT2D eigenvalue weighted by Crippen LogP contribution is 2.22. The van der Waals surface area contributed by atoms with Crippen LogP contribution in [0.2, 0.25) is 0 Å². The number of rotatable bonds is 9. The molecule has 6 nitrogen and oxygen atoms in total. The molecule has 0 saturated heterocycles. The fourth-order valence-electron chi connectivity index (χ4n) is 2.69. The zero-order valence-corrected chi connectivity index (χ0v) is 14.5. The Kier molecular flexibility index (Phi) is 7.55. The van der Waals surface area contributed by atoms with Gasteiger partial charge < -0.3 is 20.7 Å². The first-order chi connectivity index (χ1) is 11.7. The van der Waals surface area contributed by atoms with Gasteiger partial charge in [0.2, 0.25) is 5.91 Å². The van der Waals surface area contributed by atoms with Gasteiger partial charge in [-0.1, -0.05) is 24.3 Å². The quantitative estimate of drug-likeness (QED) is 0.409. The summed E-state index contributed by atoms with van der Waals surface area (Å²) < 4.78 is 5.25. The fourth-order valence-corrected chi connectivity index (χ4v) is 2.69. The van der Waals surface area contributed by atoms with Crippen molar-refractivity contribution in [1.29, 1.82) is 0 Å². The number of benzene rings is 1. The fraction of sp³-hybridized carbons (Fsp3) is 0.556. The summed E-state index contributed by atoms with van der Waals surface area (Å²) in [6, 6.07) is 8.22. The highest BCUT2D eigenvalue weighted by atomic mass is 16.5. The van der Waals surface area contributed by atoms with E-state index in [4.69, 9.17) is 10.5 Å². The smallest absolute Gasteiger partial charge is 0.223 e. The van der Waals surface area contributed by atoms with Gasteiger partial charge in [0.15, 0.2) is 5.96 Å². The van der Waals surface area contributed by atoms with Gasteiger partial charge >= 0.3 is 0 Å². The van der Waals surface area contributed by atoms with E-state index in [0.717, 1.165) is 39.3 Å². The molecule has 1 aliphatic heterocycles. The molecule has 0 bridgehead atoms. The Morgan fingerprint density at radius 3 is 2.67 bits per heavy atom. The summed E-state index contributed by atoms with van der Waals surface area (Å²) in [6.07, 6.45) is 2.13. The lowest BCUT2D eigenvalue weighted by Crippen LogP contribution is -2.33. The third kappa shape index (κ3) is 5.85. The predicted octanol–water partition coefficient (Wildman–Crippen LogP) is 1.64. The molecule has 0 saturated carbocycles. The summed E-state index contributed by atoms with van der Waals surface area (Å²) in [5.41, 5.74) is 8.30. The van der Waals surface area contributed by atoms with E-state index >= 15 is 0 Å². The molecule has 1 aromatic rings. The molecule has 2 rings (SSSR count). The average Bonchev–Trinajstić information content (AvgIpc) is 3.02. The normalized spacial score (nSPS) is 13.9. The van der Waals surface area contributed by atoms with E-state index < -0.39 is 0 Å². The Labute approximate surface area is 144 Å². The van der Waals surface area contributed by atoms with Crippen LogP contribution in [-0.2, 0) is 22.6 Å². The van der Waals surface area contributed by atoms with E-state index in [1.165, 1.54) is 11.1 Å². The van der Waals surface area contributed by atoms with Crippen LogP contribution >= 0.6 is 0 Å². The monoisotopic (exact) mass is 332 g/mol. The first-order valence-corrected chi connectivity index (χ1v) is 8.66. The van der Waals surface area contributed by atoms with Gasteiger partial charge in [-0.2, -0.15) is 0 Å². The number of nitrogens with zero attached hydrogens (tertiary/aromatic N) is 2. The van der Waals surface area contributed by atoms with E-state index in [9.17, 15) is 4.79 Å². The number of amides is 1. The summed E-state index contributed by atoms with van der Waals surface area (Å²) in [5, 5.41) is 3.05. The largest absolute Gasteiger partial charge is 0.382 e. The summed E-state index contributed by atoms with van der Waals surface area (Å²) in [7, 11) is 0. The maximum Gasteiger partial charge on any atom is 0.223 e. The number of nitrogens with two attached hydrogens (primary N) is 1. The highest BCUT2D eigenvalue weighted by molar-refractivity contribution is 5.78. The highest BCUT2D eigenvalue weighted by Gasteiger charge is 2.21. The number of carbonyl (C=O) groups is 1. The lowest BCUT2D eigenvalue weighted by Gasteiger charge is -2.14. The average molecular weight is 332 g/mol. The maximum atomic E-state index is 12.2. The number of ether oxygens (including phenoxy) is 1. The lowest BCUT2D eigenvalue weighted by atomic mass is 10.1. The predicted molar refractivity (Wildman–Crippen MR) is 95.5 cm³/mol. The zero-order chi connectivity index (χ0) is 17.2. The van der Waals surface area contributed by atoms with Crippen molar-refractivity contribution >= 4 is 11.9 Å². The second-order valence-corrected chi connectivity index (χ2v) is 5.87. The Balaban J connectivity index is 1.59. The molecule has 0 spiro atoms. The lowest BCUT2D eigenvalue weighted by molar-refractivity contribution is -0.131. The standard InChI is InChI=1S/C18H28N4O2/c1-2-24-12-6-11-21-18(19)20-10-5-9-17(23)22-13-15-7-3-4-8-16(15)14-22/h3-4,7-8H,2,5-6,9-14H2,1H3,(H3,19,20,21). The first kappa shape index (κ1) is 18.3.